The topological polar surface area (TPSA) is 75.4 Å². The summed E-state index contributed by atoms with van der Waals surface area (Å²) in [5.74, 6) is 0. The molecule has 0 aromatic heterocycles. The van der Waals surface area contributed by atoms with Gasteiger partial charge in [0.2, 0.25) is 6.41 Å². The SMILES string of the molecule is CC1(NC=O)CC1.CCC(C)N.CCC(C)O. The lowest BCUT2D eigenvalue weighted by atomic mass is 10.3. The van der Waals surface area contributed by atoms with Crippen molar-refractivity contribution in [1.82, 2.24) is 5.32 Å². The Labute approximate surface area is 106 Å². The average molecular weight is 246 g/mol. The molecule has 0 spiro atoms. The summed E-state index contributed by atoms with van der Waals surface area (Å²) in [5.41, 5.74) is 5.47. The first-order chi connectivity index (χ1) is 7.81. The second-order valence-corrected chi connectivity index (χ2v) is 4.97. The third-order valence-electron chi connectivity index (χ3n) is 2.64. The minimum absolute atomic E-state index is 0.116. The van der Waals surface area contributed by atoms with Gasteiger partial charge in [-0.2, -0.15) is 0 Å². The van der Waals surface area contributed by atoms with Gasteiger partial charge in [0.15, 0.2) is 0 Å². The minimum Gasteiger partial charge on any atom is -0.393 e. The molecule has 1 saturated carbocycles. The molecule has 1 aliphatic carbocycles. The molecule has 2 unspecified atom stereocenters. The van der Waals surface area contributed by atoms with Crippen molar-refractivity contribution in [2.75, 3.05) is 0 Å². The summed E-state index contributed by atoms with van der Waals surface area (Å²) < 4.78 is 0. The van der Waals surface area contributed by atoms with Crippen LogP contribution < -0.4 is 11.1 Å². The maximum absolute atomic E-state index is 9.75. The van der Waals surface area contributed by atoms with Gasteiger partial charge >= 0.3 is 0 Å². The summed E-state index contributed by atoms with van der Waals surface area (Å²) >= 11 is 0. The molecule has 0 aliphatic heterocycles. The van der Waals surface area contributed by atoms with Crippen molar-refractivity contribution in [2.45, 2.75) is 78.0 Å². The molecule has 4 nitrogen and oxygen atoms in total. The number of carbonyl (C=O) groups is 1. The molecule has 104 valence electrons. The Morgan fingerprint density at radius 2 is 1.71 bits per heavy atom. The largest absolute Gasteiger partial charge is 0.393 e. The lowest BCUT2D eigenvalue weighted by Gasteiger charge is -2.01. The molecule has 4 N–H and O–H groups in total. The lowest BCUT2D eigenvalue weighted by molar-refractivity contribution is -0.110. The molecular weight excluding hydrogens is 216 g/mol. The van der Waals surface area contributed by atoms with Gasteiger partial charge in [-0.3, -0.25) is 4.79 Å². The summed E-state index contributed by atoms with van der Waals surface area (Å²) in [7, 11) is 0. The Bertz CT molecular complexity index is 170. The standard InChI is InChI=1S/C5H9NO.C4H11N.C4H10O/c1-5(2-3-5)6-4-7;2*1-3-4(2)5/h4H,2-3H2,1H3,(H,6,7);4H,3,5H2,1-2H3;4-5H,3H2,1-2H3. The number of nitrogens with two attached hydrogens (primary N) is 1. The molecule has 0 aromatic rings. The van der Waals surface area contributed by atoms with Crippen molar-refractivity contribution < 1.29 is 9.90 Å². The highest BCUT2D eigenvalue weighted by Gasteiger charge is 2.36. The number of aliphatic hydroxyl groups excluding tert-OH is 1. The quantitative estimate of drug-likeness (QED) is 0.662. The van der Waals surface area contributed by atoms with Crippen LogP contribution in [0.2, 0.25) is 0 Å². The van der Waals surface area contributed by atoms with E-state index < -0.39 is 0 Å². The van der Waals surface area contributed by atoms with Gasteiger partial charge in [0, 0.05) is 11.6 Å². The van der Waals surface area contributed by atoms with Gasteiger partial charge in [0.1, 0.15) is 0 Å². The minimum atomic E-state index is -0.116. The maximum atomic E-state index is 9.75. The molecule has 0 heterocycles. The first-order valence-corrected chi connectivity index (χ1v) is 6.46. The second-order valence-electron chi connectivity index (χ2n) is 4.97. The number of carbonyl (C=O) groups excluding carboxylic acids is 1. The molecule has 0 aromatic carbocycles. The summed E-state index contributed by atoms with van der Waals surface area (Å²) in [6.07, 6.45) is 4.89. The average Bonchev–Trinajstić information content (AvgIpc) is 2.98. The zero-order chi connectivity index (χ0) is 13.9. The van der Waals surface area contributed by atoms with Crippen LogP contribution in [0.15, 0.2) is 0 Å². The molecule has 1 amide bonds. The number of nitrogens with one attached hydrogen (secondary N) is 1. The highest BCUT2D eigenvalue weighted by molar-refractivity contribution is 5.48. The highest BCUT2D eigenvalue weighted by Crippen LogP contribution is 2.33. The van der Waals surface area contributed by atoms with Crippen LogP contribution in [-0.2, 0) is 4.79 Å². The first-order valence-electron chi connectivity index (χ1n) is 6.46. The van der Waals surface area contributed by atoms with Crippen molar-refractivity contribution in [3.8, 4) is 0 Å². The van der Waals surface area contributed by atoms with Crippen LogP contribution >= 0.6 is 0 Å². The summed E-state index contributed by atoms with van der Waals surface area (Å²) in [5, 5.41) is 11.1. The Morgan fingerprint density at radius 1 is 1.35 bits per heavy atom. The fourth-order valence-corrected chi connectivity index (χ4v) is 0.474. The lowest BCUT2D eigenvalue weighted by Crippen LogP contribution is -2.25. The monoisotopic (exact) mass is 246 g/mol. The van der Waals surface area contributed by atoms with Gasteiger partial charge in [-0.15, -0.1) is 0 Å². The first kappa shape index (κ1) is 18.7. The van der Waals surface area contributed by atoms with E-state index in [1.54, 1.807) is 6.92 Å². The zero-order valence-corrected chi connectivity index (χ0v) is 12.0. The number of hydrogen-bond donors (Lipinski definition) is 3. The number of hydrogen-bond acceptors (Lipinski definition) is 3. The van der Waals surface area contributed by atoms with Gasteiger partial charge in [-0.25, -0.2) is 0 Å². The fourth-order valence-electron chi connectivity index (χ4n) is 0.474. The molecular formula is C13H30N2O2. The molecule has 4 heteroatoms. The van der Waals surface area contributed by atoms with E-state index >= 15 is 0 Å². The highest BCUT2D eigenvalue weighted by atomic mass is 16.3. The van der Waals surface area contributed by atoms with Crippen molar-refractivity contribution in [3.63, 3.8) is 0 Å². The van der Waals surface area contributed by atoms with E-state index in [0.717, 1.165) is 32.1 Å². The third kappa shape index (κ3) is 18.0. The molecule has 1 fully saturated rings. The number of amides is 1. The van der Waals surface area contributed by atoms with Gasteiger partial charge in [-0.1, -0.05) is 13.8 Å². The number of aliphatic hydroxyl groups is 1. The Kier molecular flexibility index (Phi) is 11.6. The van der Waals surface area contributed by atoms with Crippen LogP contribution in [0.25, 0.3) is 0 Å². The van der Waals surface area contributed by atoms with Crippen LogP contribution in [0.1, 0.15) is 60.3 Å². The van der Waals surface area contributed by atoms with Gasteiger partial charge in [0.25, 0.3) is 0 Å². The van der Waals surface area contributed by atoms with Crippen LogP contribution in [0.4, 0.5) is 0 Å². The van der Waals surface area contributed by atoms with E-state index in [4.69, 9.17) is 10.8 Å². The van der Waals surface area contributed by atoms with E-state index in [0.29, 0.717) is 6.04 Å². The van der Waals surface area contributed by atoms with E-state index in [-0.39, 0.29) is 11.6 Å². The molecule has 1 rings (SSSR count). The summed E-state index contributed by atoms with van der Waals surface area (Å²) in [6.45, 7) is 9.84. The molecule has 1 aliphatic rings. The predicted molar refractivity (Wildman–Crippen MR) is 72.8 cm³/mol. The summed E-state index contributed by atoms with van der Waals surface area (Å²) in [6, 6.07) is 0.384. The van der Waals surface area contributed by atoms with Crippen molar-refractivity contribution in [3.05, 3.63) is 0 Å². The van der Waals surface area contributed by atoms with Crippen molar-refractivity contribution in [2.24, 2.45) is 5.73 Å². The Morgan fingerprint density at radius 3 is 1.76 bits per heavy atom. The maximum Gasteiger partial charge on any atom is 0.207 e. The molecule has 0 bridgehead atoms. The van der Waals surface area contributed by atoms with Gasteiger partial charge in [-0.05, 0) is 46.5 Å². The van der Waals surface area contributed by atoms with Crippen molar-refractivity contribution >= 4 is 6.41 Å². The van der Waals surface area contributed by atoms with Crippen LogP contribution in [0.3, 0.4) is 0 Å². The summed E-state index contributed by atoms with van der Waals surface area (Å²) in [4.78, 5) is 9.75. The van der Waals surface area contributed by atoms with Crippen LogP contribution in [0, 0.1) is 0 Å². The van der Waals surface area contributed by atoms with Crippen LogP contribution in [-0.4, -0.2) is 29.2 Å². The van der Waals surface area contributed by atoms with E-state index in [1.807, 2.05) is 20.8 Å². The number of rotatable bonds is 4. The van der Waals surface area contributed by atoms with Gasteiger partial charge in [0.05, 0.1) is 6.10 Å². The second kappa shape index (κ2) is 10.5. The smallest absolute Gasteiger partial charge is 0.207 e. The molecule has 2 atom stereocenters. The molecule has 17 heavy (non-hydrogen) atoms. The van der Waals surface area contributed by atoms with Crippen LogP contribution in [0.5, 0.6) is 0 Å². The fraction of sp³-hybridized carbons (Fsp3) is 0.923. The Balaban J connectivity index is 0. The third-order valence-corrected chi connectivity index (χ3v) is 2.64. The van der Waals surface area contributed by atoms with Crippen molar-refractivity contribution in [1.29, 1.82) is 0 Å². The van der Waals surface area contributed by atoms with E-state index in [2.05, 4.69) is 12.2 Å². The molecule has 0 saturated heterocycles. The molecule has 0 radical (unpaired) electrons. The van der Waals surface area contributed by atoms with E-state index in [1.165, 1.54) is 0 Å². The Hall–Kier alpha value is -0.610. The predicted octanol–water partition coefficient (Wildman–Crippen LogP) is 1.81. The van der Waals surface area contributed by atoms with Gasteiger partial charge < -0.3 is 16.2 Å². The normalized spacial score (nSPS) is 18.5. The van der Waals surface area contributed by atoms with E-state index in [9.17, 15) is 4.79 Å². The zero-order valence-electron chi connectivity index (χ0n) is 12.0.